The predicted molar refractivity (Wildman–Crippen MR) is 83.8 cm³/mol. The van der Waals surface area contributed by atoms with Crippen LogP contribution in [0.15, 0.2) is 0 Å². The fraction of sp³-hybridized carbons (Fsp3) is 0.647. The number of hydrogen-bond donors (Lipinski definition) is 2. The average molecular weight is 294 g/mol. The fourth-order valence-corrected chi connectivity index (χ4v) is 4.14. The molecule has 2 nitrogen and oxygen atoms in total. The summed E-state index contributed by atoms with van der Waals surface area (Å²) in [5.74, 6) is 1.04. The molecule has 0 radical (unpaired) electrons. The third-order valence-corrected chi connectivity index (χ3v) is 5.49. The highest BCUT2D eigenvalue weighted by Gasteiger charge is 2.24. The van der Waals surface area contributed by atoms with Crippen LogP contribution in [0, 0.1) is 12.8 Å². The Morgan fingerprint density at radius 1 is 1.15 bits per heavy atom. The van der Waals surface area contributed by atoms with Crippen LogP contribution in [0.4, 0.5) is 0 Å². The van der Waals surface area contributed by atoms with E-state index >= 15 is 0 Å². The maximum Gasteiger partial charge on any atom is 0.137 e. The Balaban J connectivity index is 1.95. The molecule has 1 aliphatic heterocycles. The van der Waals surface area contributed by atoms with Gasteiger partial charge in [-0.2, -0.15) is 0 Å². The smallest absolute Gasteiger partial charge is 0.137 e. The summed E-state index contributed by atoms with van der Waals surface area (Å²) in [6, 6.07) is 0. The Kier molecular flexibility index (Phi) is 4.23. The summed E-state index contributed by atoms with van der Waals surface area (Å²) in [4.78, 5) is 0. The van der Waals surface area contributed by atoms with Gasteiger partial charge in [-0.25, -0.2) is 0 Å². The van der Waals surface area contributed by atoms with Gasteiger partial charge in [-0.15, -0.1) is 0 Å². The zero-order valence-corrected chi connectivity index (χ0v) is 13.0. The molecule has 0 amide bonds. The van der Waals surface area contributed by atoms with Gasteiger partial charge in [0.2, 0.25) is 0 Å². The van der Waals surface area contributed by atoms with E-state index in [0.29, 0.717) is 16.7 Å². The van der Waals surface area contributed by atoms with Gasteiger partial charge in [-0.3, -0.25) is 0 Å². The molecule has 1 fully saturated rings. The Hall–Kier alpha value is -0.730. The van der Waals surface area contributed by atoms with Crippen molar-refractivity contribution in [3.8, 4) is 5.75 Å². The lowest BCUT2D eigenvalue weighted by Gasteiger charge is -2.27. The van der Waals surface area contributed by atoms with Crippen molar-refractivity contribution < 1.29 is 5.11 Å². The van der Waals surface area contributed by atoms with Crippen molar-refractivity contribution in [1.29, 1.82) is 0 Å². The number of phenols is 1. The van der Waals surface area contributed by atoms with Crippen molar-refractivity contribution in [2.24, 2.45) is 5.92 Å². The van der Waals surface area contributed by atoms with Crippen LogP contribution in [0.3, 0.4) is 0 Å². The minimum Gasteiger partial charge on any atom is -0.506 e. The molecule has 0 aromatic heterocycles. The first-order valence-corrected chi connectivity index (χ1v) is 8.28. The molecule has 1 aromatic rings. The monoisotopic (exact) mass is 293 g/mol. The van der Waals surface area contributed by atoms with Gasteiger partial charge < -0.3 is 10.4 Å². The second-order valence-corrected chi connectivity index (χ2v) is 6.71. The van der Waals surface area contributed by atoms with Gasteiger partial charge in [0.05, 0.1) is 5.02 Å². The standard InChI is InChI=1S/C17H24ClNO/c1-11-13-4-2-3-5-14(13)16(18)17(20)15(11)10-12-6-8-19-9-7-12/h12,19-20H,2-10H2,1H3. The molecular formula is C17H24ClNO. The van der Waals surface area contributed by atoms with E-state index in [1.165, 1.54) is 42.4 Å². The van der Waals surface area contributed by atoms with Crippen molar-refractivity contribution >= 4 is 11.6 Å². The van der Waals surface area contributed by atoms with Gasteiger partial charge in [-0.05, 0) is 93.1 Å². The number of rotatable bonds is 2. The summed E-state index contributed by atoms with van der Waals surface area (Å²) in [5, 5.41) is 14.6. The summed E-state index contributed by atoms with van der Waals surface area (Å²) < 4.78 is 0. The summed E-state index contributed by atoms with van der Waals surface area (Å²) >= 11 is 6.44. The topological polar surface area (TPSA) is 32.3 Å². The van der Waals surface area contributed by atoms with Gasteiger partial charge in [0, 0.05) is 0 Å². The molecule has 20 heavy (non-hydrogen) atoms. The molecule has 0 atom stereocenters. The highest BCUT2D eigenvalue weighted by atomic mass is 35.5. The van der Waals surface area contributed by atoms with E-state index in [-0.39, 0.29) is 0 Å². The number of halogens is 1. The molecule has 1 heterocycles. The molecule has 110 valence electrons. The average Bonchev–Trinajstić information content (AvgIpc) is 2.50. The Morgan fingerprint density at radius 3 is 2.50 bits per heavy atom. The largest absolute Gasteiger partial charge is 0.506 e. The van der Waals surface area contributed by atoms with Crippen LogP contribution in [0.2, 0.25) is 5.02 Å². The van der Waals surface area contributed by atoms with Gasteiger partial charge in [0.1, 0.15) is 5.75 Å². The molecule has 3 rings (SSSR count). The second-order valence-electron chi connectivity index (χ2n) is 6.33. The Bertz CT molecular complexity index is 506. The summed E-state index contributed by atoms with van der Waals surface area (Å²) in [6.45, 7) is 4.38. The maximum atomic E-state index is 10.5. The number of hydrogen-bond acceptors (Lipinski definition) is 2. The number of phenolic OH excluding ortho intramolecular Hbond substituents is 1. The quantitative estimate of drug-likeness (QED) is 0.870. The number of fused-ring (bicyclic) bond motifs is 1. The van der Waals surface area contributed by atoms with Gasteiger partial charge in [-0.1, -0.05) is 11.6 Å². The predicted octanol–water partition coefficient (Wildman–Crippen LogP) is 3.77. The number of nitrogens with one attached hydrogen (secondary N) is 1. The van der Waals surface area contributed by atoms with Gasteiger partial charge in [0.25, 0.3) is 0 Å². The number of piperidine rings is 1. The van der Waals surface area contributed by atoms with Crippen molar-refractivity contribution in [2.45, 2.75) is 51.9 Å². The molecule has 1 aliphatic carbocycles. The van der Waals surface area contributed by atoms with E-state index < -0.39 is 0 Å². The zero-order chi connectivity index (χ0) is 14.1. The minimum absolute atomic E-state index is 0.364. The highest BCUT2D eigenvalue weighted by Crippen LogP contribution is 2.41. The lowest BCUT2D eigenvalue weighted by Crippen LogP contribution is -2.29. The number of benzene rings is 1. The van der Waals surface area contributed by atoms with E-state index in [2.05, 4.69) is 12.2 Å². The van der Waals surface area contributed by atoms with Crippen LogP contribution >= 0.6 is 11.6 Å². The molecule has 1 saturated heterocycles. The molecule has 0 saturated carbocycles. The number of aromatic hydroxyl groups is 1. The summed E-state index contributed by atoms with van der Waals surface area (Å²) in [5.41, 5.74) is 5.05. The Labute approximate surface area is 126 Å². The maximum absolute atomic E-state index is 10.5. The lowest BCUT2D eigenvalue weighted by atomic mass is 9.82. The van der Waals surface area contributed by atoms with Gasteiger partial charge in [0.15, 0.2) is 0 Å². The van der Waals surface area contributed by atoms with Crippen molar-refractivity contribution in [3.63, 3.8) is 0 Å². The summed E-state index contributed by atoms with van der Waals surface area (Å²) in [7, 11) is 0. The highest BCUT2D eigenvalue weighted by molar-refractivity contribution is 6.33. The SMILES string of the molecule is Cc1c(CC2CCNCC2)c(O)c(Cl)c2c1CCCC2. The van der Waals surface area contributed by atoms with E-state index in [1.54, 1.807) is 0 Å². The summed E-state index contributed by atoms with van der Waals surface area (Å²) in [6.07, 6.45) is 7.98. The second kappa shape index (κ2) is 5.95. The molecular weight excluding hydrogens is 270 g/mol. The zero-order valence-electron chi connectivity index (χ0n) is 12.3. The molecule has 0 spiro atoms. The molecule has 2 aliphatic rings. The first-order chi connectivity index (χ1) is 9.68. The third-order valence-electron chi connectivity index (χ3n) is 5.08. The van der Waals surface area contributed by atoms with E-state index in [4.69, 9.17) is 11.6 Å². The van der Waals surface area contributed by atoms with Crippen molar-refractivity contribution in [1.82, 2.24) is 5.32 Å². The van der Waals surface area contributed by atoms with E-state index in [9.17, 15) is 5.11 Å². The fourth-order valence-electron chi connectivity index (χ4n) is 3.82. The molecule has 2 N–H and O–H groups in total. The molecule has 1 aromatic carbocycles. The van der Waals surface area contributed by atoms with Crippen LogP contribution in [-0.4, -0.2) is 18.2 Å². The van der Waals surface area contributed by atoms with Crippen LogP contribution in [0.25, 0.3) is 0 Å². The Morgan fingerprint density at radius 2 is 1.80 bits per heavy atom. The van der Waals surface area contributed by atoms with Crippen LogP contribution in [0.1, 0.15) is 47.9 Å². The minimum atomic E-state index is 0.364. The molecule has 0 bridgehead atoms. The normalized spacial score (nSPS) is 19.9. The van der Waals surface area contributed by atoms with Crippen molar-refractivity contribution in [3.05, 3.63) is 27.3 Å². The van der Waals surface area contributed by atoms with E-state index in [1.807, 2.05) is 0 Å². The van der Waals surface area contributed by atoms with Crippen LogP contribution in [-0.2, 0) is 19.3 Å². The first kappa shape index (κ1) is 14.2. The lowest BCUT2D eigenvalue weighted by molar-refractivity contribution is 0.365. The van der Waals surface area contributed by atoms with Crippen LogP contribution < -0.4 is 5.32 Å². The molecule has 3 heteroatoms. The third kappa shape index (κ3) is 2.56. The molecule has 0 unspecified atom stereocenters. The van der Waals surface area contributed by atoms with Crippen LogP contribution in [0.5, 0.6) is 5.75 Å². The van der Waals surface area contributed by atoms with Crippen molar-refractivity contribution in [2.75, 3.05) is 13.1 Å². The van der Waals surface area contributed by atoms with Gasteiger partial charge >= 0.3 is 0 Å². The first-order valence-electron chi connectivity index (χ1n) is 7.91. The van der Waals surface area contributed by atoms with E-state index in [0.717, 1.165) is 37.9 Å².